The predicted molar refractivity (Wildman–Crippen MR) is 63.8 cm³/mol. The van der Waals surface area contributed by atoms with E-state index in [0.717, 1.165) is 0 Å². The largest absolute Gasteiger partial charge is 0.416 e. The van der Waals surface area contributed by atoms with Gasteiger partial charge in [-0.3, -0.25) is 4.79 Å². The Morgan fingerprint density at radius 2 is 2.05 bits per heavy atom. The van der Waals surface area contributed by atoms with E-state index in [9.17, 15) is 22.4 Å². The molecular formula is C13H10F4N2O2. The molecule has 0 radical (unpaired) electrons. The fourth-order valence-corrected chi connectivity index (χ4v) is 1.64. The van der Waals surface area contributed by atoms with Gasteiger partial charge < -0.3 is 9.84 Å². The zero-order valence-corrected chi connectivity index (χ0v) is 10.8. The molecule has 112 valence electrons. The Bertz CT molecular complexity index is 664. The van der Waals surface area contributed by atoms with Crippen LogP contribution in [0.15, 0.2) is 28.8 Å². The topological polar surface area (TPSA) is 55.1 Å². The maximum absolute atomic E-state index is 13.5. The number of nitrogens with zero attached hydrogens (tertiary/aromatic N) is 1. The molecule has 8 heteroatoms. The number of halogens is 4. The van der Waals surface area contributed by atoms with Crippen LogP contribution in [-0.4, -0.2) is 11.1 Å². The summed E-state index contributed by atoms with van der Waals surface area (Å²) >= 11 is 0. The van der Waals surface area contributed by atoms with E-state index in [1.165, 1.54) is 0 Å². The smallest absolute Gasteiger partial charge is 0.361 e. The van der Waals surface area contributed by atoms with Gasteiger partial charge >= 0.3 is 6.18 Å². The van der Waals surface area contributed by atoms with Crippen LogP contribution in [0.5, 0.6) is 0 Å². The van der Waals surface area contributed by atoms with E-state index in [4.69, 9.17) is 4.52 Å². The molecule has 4 nitrogen and oxygen atoms in total. The number of hydrogen-bond acceptors (Lipinski definition) is 3. The lowest BCUT2D eigenvalue weighted by Crippen LogP contribution is -2.24. The molecule has 0 saturated carbocycles. The molecule has 0 aliphatic carbocycles. The summed E-state index contributed by atoms with van der Waals surface area (Å²) < 4.78 is 55.9. The highest BCUT2D eigenvalue weighted by atomic mass is 19.4. The third kappa shape index (κ3) is 3.59. The van der Waals surface area contributed by atoms with Crippen molar-refractivity contribution in [3.05, 3.63) is 52.7 Å². The first kappa shape index (κ1) is 15.0. The first-order chi connectivity index (χ1) is 9.77. The van der Waals surface area contributed by atoms with Crippen LogP contribution in [0.1, 0.15) is 27.4 Å². The van der Waals surface area contributed by atoms with Gasteiger partial charge in [-0.1, -0.05) is 5.16 Å². The number of rotatable bonds is 3. The highest BCUT2D eigenvalue weighted by Gasteiger charge is 2.31. The monoisotopic (exact) mass is 302 g/mol. The zero-order chi connectivity index (χ0) is 15.6. The SMILES string of the molecule is Cc1cc(CNC(=O)c2cc(C(F)(F)F)ccc2F)no1. The van der Waals surface area contributed by atoms with Gasteiger partial charge in [0.1, 0.15) is 17.3 Å². The average molecular weight is 302 g/mol. The summed E-state index contributed by atoms with van der Waals surface area (Å²) in [6, 6.07) is 3.20. The summed E-state index contributed by atoms with van der Waals surface area (Å²) in [5.74, 6) is -1.47. The Labute approximate surface area is 116 Å². The van der Waals surface area contributed by atoms with E-state index in [1.54, 1.807) is 13.0 Å². The maximum Gasteiger partial charge on any atom is 0.416 e. The number of aryl methyl sites for hydroxylation is 1. The van der Waals surface area contributed by atoms with Crippen LogP contribution in [0.2, 0.25) is 0 Å². The van der Waals surface area contributed by atoms with Crippen LogP contribution in [0, 0.1) is 12.7 Å². The van der Waals surface area contributed by atoms with E-state index in [-0.39, 0.29) is 6.54 Å². The highest BCUT2D eigenvalue weighted by Crippen LogP contribution is 2.30. The van der Waals surface area contributed by atoms with Gasteiger partial charge in [0.2, 0.25) is 0 Å². The molecule has 0 atom stereocenters. The molecule has 0 bridgehead atoms. The van der Waals surface area contributed by atoms with Crippen molar-refractivity contribution in [2.24, 2.45) is 0 Å². The Morgan fingerprint density at radius 1 is 1.33 bits per heavy atom. The number of nitrogens with one attached hydrogen (secondary N) is 1. The molecule has 0 unspecified atom stereocenters. The standard InChI is InChI=1S/C13H10F4N2O2/c1-7-4-9(19-21-7)6-18-12(20)10-5-8(13(15,16)17)2-3-11(10)14/h2-5H,6H2,1H3,(H,18,20). The lowest BCUT2D eigenvalue weighted by Gasteiger charge is -2.09. The van der Waals surface area contributed by atoms with Gasteiger partial charge in [-0.15, -0.1) is 0 Å². The second-order valence-electron chi connectivity index (χ2n) is 4.30. The molecule has 1 aromatic carbocycles. The molecular weight excluding hydrogens is 292 g/mol. The lowest BCUT2D eigenvalue weighted by molar-refractivity contribution is -0.137. The van der Waals surface area contributed by atoms with Crippen molar-refractivity contribution in [2.75, 3.05) is 0 Å². The van der Waals surface area contributed by atoms with Crippen molar-refractivity contribution >= 4 is 5.91 Å². The fraction of sp³-hybridized carbons (Fsp3) is 0.231. The van der Waals surface area contributed by atoms with Crippen LogP contribution < -0.4 is 5.32 Å². The molecule has 1 amide bonds. The summed E-state index contributed by atoms with van der Waals surface area (Å²) in [6.45, 7) is 1.57. The van der Waals surface area contributed by atoms with Crippen molar-refractivity contribution in [2.45, 2.75) is 19.6 Å². The Hall–Kier alpha value is -2.38. The summed E-state index contributed by atoms with van der Waals surface area (Å²) in [6.07, 6.45) is -4.65. The van der Waals surface area contributed by atoms with Gasteiger partial charge in [0.05, 0.1) is 17.7 Å². The number of carbonyl (C=O) groups excluding carboxylic acids is 1. The lowest BCUT2D eigenvalue weighted by atomic mass is 10.1. The number of alkyl halides is 3. The van der Waals surface area contributed by atoms with Crippen molar-refractivity contribution < 1.29 is 26.9 Å². The average Bonchev–Trinajstić information content (AvgIpc) is 2.81. The summed E-state index contributed by atoms with van der Waals surface area (Å²) in [4.78, 5) is 11.7. The zero-order valence-electron chi connectivity index (χ0n) is 10.8. The minimum Gasteiger partial charge on any atom is -0.361 e. The quantitative estimate of drug-likeness (QED) is 0.887. The third-order valence-corrected chi connectivity index (χ3v) is 2.65. The van der Waals surface area contributed by atoms with Crippen molar-refractivity contribution in [3.63, 3.8) is 0 Å². The fourth-order valence-electron chi connectivity index (χ4n) is 1.64. The first-order valence-corrected chi connectivity index (χ1v) is 5.84. The molecule has 0 aliphatic rings. The summed E-state index contributed by atoms with van der Waals surface area (Å²) in [7, 11) is 0. The molecule has 2 rings (SSSR count). The van der Waals surface area contributed by atoms with Crippen LogP contribution in [0.4, 0.5) is 17.6 Å². The van der Waals surface area contributed by atoms with Crippen molar-refractivity contribution in [1.82, 2.24) is 10.5 Å². The van der Waals surface area contributed by atoms with Crippen LogP contribution in [0.25, 0.3) is 0 Å². The third-order valence-electron chi connectivity index (χ3n) is 2.65. The van der Waals surface area contributed by atoms with Gasteiger partial charge in [-0.25, -0.2) is 4.39 Å². The molecule has 1 N–H and O–H groups in total. The van der Waals surface area contributed by atoms with Crippen LogP contribution >= 0.6 is 0 Å². The second-order valence-corrected chi connectivity index (χ2v) is 4.30. The number of amides is 1. The molecule has 1 aromatic heterocycles. The van der Waals surface area contributed by atoms with E-state index < -0.39 is 29.0 Å². The van der Waals surface area contributed by atoms with Gasteiger partial charge in [0.25, 0.3) is 5.91 Å². The van der Waals surface area contributed by atoms with E-state index in [2.05, 4.69) is 10.5 Å². The van der Waals surface area contributed by atoms with Crippen molar-refractivity contribution in [3.8, 4) is 0 Å². The predicted octanol–water partition coefficient (Wildman–Crippen LogP) is 3.07. The van der Waals surface area contributed by atoms with Crippen LogP contribution in [0.3, 0.4) is 0 Å². The van der Waals surface area contributed by atoms with Crippen molar-refractivity contribution in [1.29, 1.82) is 0 Å². The van der Waals surface area contributed by atoms with Gasteiger partial charge in [-0.05, 0) is 25.1 Å². The number of benzene rings is 1. The number of aromatic nitrogens is 1. The molecule has 0 spiro atoms. The molecule has 0 aliphatic heterocycles. The van der Waals surface area contributed by atoms with Gasteiger partial charge in [0.15, 0.2) is 0 Å². The molecule has 21 heavy (non-hydrogen) atoms. The molecule has 2 aromatic rings. The number of carbonyl (C=O) groups is 1. The van der Waals surface area contributed by atoms with Gasteiger partial charge in [-0.2, -0.15) is 13.2 Å². The van der Waals surface area contributed by atoms with E-state index in [0.29, 0.717) is 29.7 Å². The minimum atomic E-state index is -4.65. The molecule has 0 fully saturated rings. The normalized spacial score (nSPS) is 11.5. The minimum absolute atomic E-state index is 0.0775. The van der Waals surface area contributed by atoms with Gasteiger partial charge in [0, 0.05) is 6.07 Å². The summed E-state index contributed by atoms with van der Waals surface area (Å²) in [5.41, 5.74) is -1.38. The van der Waals surface area contributed by atoms with Crippen LogP contribution in [-0.2, 0) is 12.7 Å². The Balaban J connectivity index is 2.15. The maximum atomic E-state index is 13.5. The number of hydrogen-bond donors (Lipinski definition) is 1. The van der Waals surface area contributed by atoms with E-state index in [1.807, 2.05) is 0 Å². The Morgan fingerprint density at radius 3 is 2.62 bits per heavy atom. The van der Waals surface area contributed by atoms with E-state index >= 15 is 0 Å². The first-order valence-electron chi connectivity index (χ1n) is 5.84. The molecule has 0 saturated heterocycles. The Kier molecular flexibility index (Phi) is 3.97. The summed E-state index contributed by atoms with van der Waals surface area (Å²) in [5, 5.41) is 5.88. The second kappa shape index (κ2) is 5.55. The molecule has 1 heterocycles. The highest BCUT2D eigenvalue weighted by molar-refractivity contribution is 5.94.